The Balaban J connectivity index is 1.84. The normalized spacial score (nSPS) is 10.2. The molecule has 24 heavy (non-hydrogen) atoms. The van der Waals surface area contributed by atoms with Crippen molar-refractivity contribution in [2.24, 2.45) is 0 Å². The van der Waals surface area contributed by atoms with Gasteiger partial charge in [0, 0.05) is 12.1 Å². The largest absolute Gasteiger partial charge is 0.484 e. The third-order valence-corrected chi connectivity index (χ3v) is 3.49. The molecule has 0 unspecified atom stereocenters. The van der Waals surface area contributed by atoms with E-state index in [0.29, 0.717) is 17.9 Å². The van der Waals surface area contributed by atoms with Gasteiger partial charge < -0.3 is 15.0 Å². The number of amides is 1. The predicted molar refractivity (Wildman–Crippen MR) is 91.5 cm³/mol. The fourth-order valence-electron chi connectivity index (χ4n) is 2.30. The van der Waals surface area contributed by atoms with Crippen LogP contribution in [0.15, 0.2) is 48.5 Å². The molecule has 1 amide bonds. The Hall–Kier alpha value is -2.84. The molecule has 0 saturated carbocycles. The summed E-state index contributed by atoms with van der Waals surface area (Å²) in [7, 11) is 4.20. The minimum atomic E-state index is -0.175. The van der Waals surface area contributed by atoms with E-state index < -0.39 is 0 Å². The maximum atomic E-state index is 12.0. The zero-order valence-corrected chi connectivity index (χ0v) is 14.0. The highest BCUT2D eigenvalue weighted by Crippen LogP contribution is 2.11. The van der Waals surface area contributed by atoms with Crippen molar-refractivity contribution in [1.82, 2.24) is 5.32 Å². The third-order valence-electron chi connectivity index (χ3n) is 3.49. The number of ether oxygens (including phenoxy) is 1. The van der Waals surface area contributed by atoms with Crippen molar-refractivity contribution >= 4 is 5.91 Å². The fraction of sp³-hybridized carbons (Fsp3) is 0.263. The molecule has 0 aliphatic heterocycles. The molecule has 0 aliphatic carbocycles. The van der Waals surface area contributed by atoms with Gasteiger partial charge in [0.25, 0.3) is 5.91 Å². The summed E-state index contributed by atoms with van der Waals surface area (Å²) in [6, 6.07) is 16.8. The van der Waals surface area contributed by atoms with Crippen LogP contribution in [-0.4, -0.2) is 26.6 Å². The smallest absolute Gasteiger partial charge is 0.258 e. The number of benzene rings is 2. The van der Waals surface area contributed by atoms with Crippen LogP contribution >= 0.6 is 0 Å². The van der Waals surface area contributed by atoms with Crippen molar-refractivity contribution in [3.8, 4) is 11.8 Å². The van der Waals surface area contributed by atoms with E-state index in [1.165, 1.54) is 10.5 Å². The third kappa shape index (κ3) is 5.41. The molecule has 0 heterocycles. The van der Waals surface area contributed by atoms with Crippen LogP contribution in [0.3, 0.4) is 0 Å². The van der Waals surface area contributed by atoms with Crippen LogP contribution in [0.2, 0.25) is 0 Å². The quantitative estimate of drug-likeness (QED) is 0.795. The first kappa shape index (κ1) is 17.5. The molecule has 0 saturated heterocycles. The first-order chi connectivity index (χ1) is 11.6. The molecular weight excluding hydrogens is 302 g/mol. The predicted octanol–water partition coefficient (Wildman–Crippen LogP) is 0.898. The van der Waals surface area contributed by atoms with Gasteiger partial charge in [-0.15, -0.1) is 0 Å². The topological polar surface area (TPSA) is 66.6 Å². The van der Waals surface area contributed by atoms with Crippen LogP contribution < -0.4 is 15.0 Å². The van der Waals surface area contributed by atoms with Crippen LogP contribution in [0.25, 0.3) is 0 Å². The van der Waals surface area contributed by atoms with E-state index in [2.05, 4.69) is 25.5 Å². The summed E-state index contributed by atoms with van der Waals surface area (Å²) in [5, 5.41) is 11.6. The summed E-state index contributed by atoms with van der Waals surface area (Å²) in [4.78, 5) is 13.3. The number of hydrogen-bond donors (Lipinski definition) is 2. The summed E-state index contributed by atoms with van der Waals surface area (Å²) >= 11 is 0. The highest BCUT2D eigenvalue weighted by atomic mass is 16.5. The van der Waals surface area contributed by atoms with Crippen LogP contribution in [0, 0.1) is 11.3 Å². The van der Waals surface area contributed by atoms with Gasteiger partial charge >= 0.3 is 0 Å². The molecule has 2 N–H and O–H groups in total. The first-order valence-corrected chi connectivity index (χ1v) is 7.84. The molecule has 0 aliphatic rings. The molecule has 0 fully saturated rings. The van der Waals surface area contributed by atoms with Gasteiger partial charge in [0.1, 0.15) is 12.3 Å². The van der Waals surface area contributed by atoms with Gasteiger partial charge in [-0.1, -0.05) is 24.3 Å². The van der Waals surface area contributed by atoms with Crippen molar-refractivity contribution in [3.63, 3.8) is 0 Å². The molecule has 5 heteroatoms. The lowest BCUT2D eigenvalue weighted by Gasteiger charge is -2.13. The van der Waals surface area contributed by atoms with Crippen LogP contribution in [-0.2, 0) is 17.9 Å². The fourth-order valence-corrected chi connectivity index (χ4v) is 2.30. The molecular formula is C19H22N3O2+. The van der Waals surface area contributed by atoms with E-state index in [1.54, 1.807) is 24.3 Å². The summed E-state index contributed by atoms with van der Waals surface area (Å²) in [5.41, 5.74) is 2.91. The number of rotatable bonds is 7. The van der Waals surface area contributed by atoms with E-state index in [0.717, 1.165) is 12.1 Å². The lowest BCUT2D eigenvalue weighted by molar-refractivity contribution is -0.872. The highest BCUT2D eigenvalue weighted by Gasteiger charge is 2.08. The van der Waals surface area contributed by atoms with Crippen molar-refractivity contribution in [2.45, 2.75) is 13.1 Å². The van der Waals surface area contributed by atoms with Crippen molar-refractivity contribution < 1.29 is 14.4 Å². The maximum absolute atomic E-state index is 12.0. The zero-order valence-electron chi connectivity index (χ0n) is 14.0. The lowest BCUT2D eigenvalue weighted by atomic mass is 10.1. The Bertz CT molecular complexity index is 718. The van der Waals surface area contributed by atoms with Gasteiger partial charge in [-0.05, 0) is 29.8 Å². The van der Waals surface area contributed by atoms with Crippen LogP contribution in [0.5, 0.6) is 5.75 Å². The standard InChI is InChI=1S/C19H21N3O2/c1-22(2)13-17-6-4-3-5-16(17)12-21-19(23)14-24-18-9-7-15(11-20)8-10-18/h3-10H,12-14H2,1-2H3,(H,21,23)/p+1. The maximum Gasteiger partial charge on any atom is 0.258 e. The van der Waals surface area contributed by atoms with Gasteiger partial charge in [-0.2, -0.15) is 5.26 Å². The molecule has 5 nitrogen and oxygen atoms in total. The second kappa shape index (κ2) is 8.70. The Morgan fingerprint density at radius 3 is 2.42 bits per heavy atom. The molecule has 0 bridgehead atoms. The molecule has 0 radical (unpaired) electrons. The SMILES string of the molecule is C[NH+](C)Cc1ccccc1CNC(=O)COc1ccc(C#N)cc1. The second-order valence-electron chi connectivity index (χ2n) is 5.85. The average Bonchev–Trinajstić information content (AvgIpc) is 2.59. The number of hydrogen-bond acceptors (Lipinski definition) is 3. The van der Waals surface area contributed by atoms with Gasteiger partial charge in [-0.3, -0.25) is 4.79 Å². The van der Waals surface area contributed by atoms with E-state index in [4.69, 9.17) is 10.00 Å². The molecule has 2 rings (SSSR count). The van der Waals surface area contributed by atoms with Crippen molar-refractivity contribution in [1.29, 1.82) is 5.26 Å². The molecule has 2 aromatic carbocycles. The Kier molecular flexibility index (Phi) is 6.35. The van der Waals surface area contributed by atoms with E-state index in [1.807, 2.05) is 24.3 Å². The van der Waals surface area contributed by atoms with Gasteiger partial charge in [0.05, 0.1) is 25.7 Å². The number of carbonyl (C=O) groups is 1. The molecule has 124 valence electrons. The summed E-state index contributed by atoms with van der Waals surface area (Å²) < 4.78 is 5.42. The van der Waals surface area contributed by atoms with Crippen LogP contribution in [0.1, 0.15) is 16.7 Å². The Morgan fingerprint density at radius 1 is 1.12 bits per heavy atom. The minimum absolute atomic E-state index is 0.0486. The summed E-state index contributed by atoms with van der Waals surface area (Å²) in [6.45, 7) is 1.35. The van der Waals surface area contributed by atoms with Crippen molar-refractivity contribution in [3.05, 3.63) is 65.2 Å². The molecule has 2 aromatic rings. The van der Waals surface area contributed by atoms with E-state index in [9.17, 15) is 4.79 Å². The average molecular weight is 324 g/mol. The number of carbonyl (C=O) groups excluding carboxylic acids is 1. The van der Waals surface area contributed by atoms with Crippen molar-refractivity contribution in [2.75, 3.05) is 20.7 Å². The summed E-state index contributed by atoms with van der Waals surface area (Å²) in [5.74, 6) is 0.395. The number of nitriles is 1. The van der Waals surface area contributed by atoms with E-state index in [-0.39, 0.29) is 12.5 Å². The second-order valence-corrected chi connectivity index (χ2v) is 5.85. The number of nitrogens with zero attached hydrogens (tertiary/aromatic N) is 1. The van der Waals surface area contributed by atoms with Gasteiger partial charge in [-0.25, -0.2) is 0 Å². The minimum Gasteiger partial charge on any atom is -0.484 e. The lowest BCUT2D eigenvalue weighted by Crippen LogP contribution is -3.04. The zero-order chi connectivity index (χ0) is 17.4. The first-order valence-electron chi connectivity index (χ1n) is 7.84. The highest BCUT2D eigenvalue weighted by molar-refractivity contribution is 5.77. The Labute approximate surface area is 142 Å². The number of nitrogens with one attached hydrogen (secondary N) is 2. The van der Waals surface area contributed by atoms with Gasteiger partial charge in [0.15, 0.2) is 6.61 Å². The molecule has 0 atom stereocenters. The molecule has 0 spiro atoms. The van der Waals surface area contributed by atoms with Gasteiger partial charge in [0.2, 0.25) is 0 Å². The summed E-state index contributed by atoms with van der Waals surface area (Å²) in [6.07, 6.45) is 0. The molecule has 0 aromatic heterocycles. The number of quaternary nitrogens is 1. The van der Waals surface area contributed by atoms with Crippen LogP contribution in [0.4, 0.5) is 0 Å². The monoisotopic (exact) mass is 324 g/mol. The Morgan fingerprint density at radius 2 is 1.79 bits per heavy atom. The van der Waals surface area contributed by atoms with E-state index >= 15 is 0 Å².